The van der Waals surface area contributed by atoms with Crippen molar-refractivity contribution in [1.82, 2.24) is 4.98 Å². The van der Waals surface area contributed by atoms with Crippen LogP contribution < -0.4 is 10.2 Å². The molecule has 0 radical (unpaired) electrons. The number of aromatic nitrogens is 1. The second-order valence-corrected chi connectivity index (χ2v) is 8.19. The van der Waals surface area contributed by atoms with Crippen LogP contribution in [0.1, 0.15) is 38.3 Å². The lowest BCUT2D eigenvalue weighted by molar-refractivity contribution is 0.0604. The van der Waals surface area contributed by atoms with Gasteiger partial charge in [0, 0.05) is 40.9 Å². The molecule has 0 bridgehead atoms. The molecule has 33 heavy (non-hydrogen) atoms. The molecule has 2 aromatic carbocycles. The van der Waals surface area contributed by atoms with Gasteiger partial charge in [0.25, 0.3) is 17.7 Å². The zero-order valence-corrected chi connectivity index (χ0v) is 18.5. The van der Waals surface area contributed by atoms with Crippen molar-refractivity contribution in [3.63, 3.8) is 0 Å². The smallest absolute Gasteiger partial charge is 0.275 e. The highest BCUT2D eigenvalue weighted by Crippen LogP contribution is 2.43. The Morgan fingerprint density at radius 1 is 1.15 bits per heavy atom. The summed E-state index contributed by atoms with van der Waals surface area (Å²) in [5.41, 5.74) is 1.60. The number of hydrogen-bond donors (Lipinski definition) is 1. The number of rotatable bonds is 3. The van der Waals surface area contributed by atoms with Crippen LogP contribution in [0.4, 0.5) is 20.3 Å². The third kappa shape index (κ3) is 4.50. The van der Waals surface area contributed by atoms with Gasteiger partial charge in [-0.3, -0.25) is 9.59 Å². The number of nitrogens with zero attached hydrogens (tertiary/aromatic N) is 2. The van der Waals surface area contributed by atoms with E-state index in [2.05, 4.69) is 16.9 Å². The monoisotopic (exact) mass is 467 g/mol. The number of pyridine rings is 1. The molecule has 168 valence electrons. The van der Waals surface area contributed by atoms with Crippen LogP contribution in [0.3, 0.4) is 0 Å². The fraction of sp³-hybridized carbons (Fsp3) is 0.160. The molecule has 0 aliphatic carbocycles. The predicted molar refractivity (Wildman–Crippen MR) is 125 cm³/mol. The van der Waals surface area contributed by atoms with Gasteiger partial charge in [0.2, 0.25) is 0 Å². The summed E-state index contributed by atoms with van der Waals surface area (Å²) in [6.45, 7) is 5.17. The molecule has 0 saturated carbocycles. The number of nitrogens with one attached hydrogen (secondary N) is 1. The Labute approximate surface area is 194 Å². The Kier molecular flexibility index (Phi) is 5.99. The summed E-state index contributed by atoms with van der Waals surface area (Å²) in [5.74, 6) is -3.72. The van der Waals surface area contributed by atoms with Gasteiger partial charge in [-0.1, -0.05) is 36.4 Å². The van der Waals surface area contributed by atoms with Crippen molar-refractivity contribution in [2.24, 2.45) is 0 Å². The molecule has 3 aromatic rings. The lowest BCUT2D eigenvalue weighted by atomic mass is 9.99. The summed E-state index contributed by atoms with van der Waals surface area (Å²) in [7, 11) is 0. The van der Waals surface area contributed by atoms with Gasteiger partial charge >= 0.3 is 0 Å². The fourth-order valence-electron chi connectivity index (χ4n) is 3.68. The second kappa shape index (κ2) is 8.75. The maximum atomic E-state index is 14.5. The van der Waals surface area contributed by atoms with Crippen molar-refractivity contribution in [1.29, 1.82) is 0 Å². The first kappa shape index (κ1) is 22.6. The van der Waals surface area contributed by atoms with Gasteiger partial charge in [-0.25, -0.2) is 13.8 Å². The van der Waals surface area contributed by atoms with Gasteiger partial charge in [0.1, 0.15) is 5.82 Å². The highest BCUT2D eigenvalue weighted by molar-refractivity contribution is 6.31. The lowest BCUT2D eigenvalue weighted by Gasteiger charge is -2.23. The highest BCUT2D eigenvalue weighted by Gasteiger charge is 2.40. The molecule has 1 aromatic heterocycles. The minimum absolute atomic E-state index is 0.133. The molecule has 1 N–H and O–H groups in total. The van der Waals surface area contributed by atoms with Crippen molar-refractivity contribution in [2.45, 2.75) is 19.3 Å². The molecular formula is C25H20ClF2N3O2. The zero-order chi connectivity index (χ0) is 23.8. The summed E-state index contributed by atoms with van der Waals surface area (Å²) in [6, 6.07) is 14.6. The number of halogens is 3. The Hall–Kier alpha value is -3.58. The quantitative estimate of drug-likeness (QED) is 0.514. The fourth-order valence-corrected chi connectivity index (χ4v) is 3.85. The molecule has 0 fully saturated rings. The summed E-state index contributed by atoms with van der Waals surface area (Å²) in [5, 5.41) is 2.97. The number of allylic oxidation sites excluding steroid dienone is 1. The van der Waals surface area contributed by atoms with E-state index in [0.29, 0.717) is 11.3 Å². The molecule has 2 amide bonds. The molecule has 0 saturated heterocycles. The van der Waals surface area contributed by atoms with Crippen LogP contribution in [-0.2, 0) is 0 Å². The number of amides is 2. The predicted octanol–water partition coefficient (Wildman–Crippen LogP) is 5.99. The average molecular weight is 468 g/mol. The van der Waals surface area contributed by atoms with E-state index < -0.39 is 18.3 Å². The summed E-state index contributed by atoms with van der Waals surface area (Å²) >= 11 is 6.01. The number of alkyl halides is 2. The molecule has 1 aliphatic heterocycles. The number of benzene rings is 2. The average Bonchev–Trinajstić information content (AvgIpc) is 2.88. The van der Waals surface area contributed by atoms with Crippen molar-refractivity contribution in [2.75, 3.05) is 16.8 Å². The second-order valence-electron chi connectivity index (χ2n) is 7.75. The molecule has 2 heterocycles. The van der Waals surface area contributed by atoms with E-state index in [9.17, 15) is 18.4 Å². The van der Waals surface area contributed by atoms with Crippen LogP contribution in [0.15, 0.2) is 67.4 Å². The van der Waals surface area contributed by atoms with Gasteiger partial charge in [-0.05, 0) is 48.9 Å². The van der Waals surface area contributed by atoms with E-state index in [4.69, 9.17) is 11.6 Å². The Morgan fingerprint density at radius 3 is 2.61 bits per heavy atom. The van der Waals surface area contributed by atoms with E-state index in [1.54, 1.807) is 18.2 Å². The Morgan fingerprint density at radius 2 is 1.91 bits per heavy atom. The topological polar surface area (TPSA) is 62.3 Å². The van der Waals surface area contributed by atoms with Crippen LogP contribution in [0.5, 0.6) is 0 Å². The maximum Gasteiger partial charge on any atom is 0.275 e. The van der Waals surface area contributed by atoms with Gasteiger partial charge in [0.15, 0.2) is 0 Å². The Bertz CT molecular complexity index is 1260. The molecule has 1 aliphatic rings. The SMILES string of the molecule is C=C1c2cc(Cl)ccc2N(C(=O)c2ccc(NC(=O)c3ccccc3C)nc2)CCC1(F)F. The van der Waals surface area contributed by atoms with Crippen molar-refractivity contribution in [3.05, 3.63) is 94.6 Å². The number of aryl methyl sites for hydroxylation is 1. The largest absolute Gasteiger partial charge is 0.307 e. The number of hydrogen-bond acceptors (Lipinski definition) is 3. The highest BCUT2D eigenvalue weighted by atomic mass is 35.5. The number of fused-ring (bicyclic) bond motifs is 1. The zero-order valence-electron chi connectivity index (χ0n) is 17.7. The first-order valence-electron chi connectivity index (χ1n) is 10.2. The van der Waals surface area contributed by atoms with Crippen molar-refractivity contribution in [3.8, 4) is 0 Å². The summed E-state index contributed by atoms with van der Waals surface area (Å²) < 4.78 is 29.0. The van der Waals surface area contributed by atoms with Gasteiger partial charge in [-0.15, -0.1) is 0 Å². The molecule has 0 atom stereocenters. The first-order valence-corrected chi connectivity index (χ1v) is 10.6. The van der Waals surface area contributed by atoms with Crippen molar-refractivity contribution < 1.29 is 18.4 Å². The van der Waals surface area contributed by atoms with Crippen LogP contribution in [0.25, 0.3) is 5.57 Å². The molecule has 8 heteroatoms. The standard InChI is InChI=1S/C25H20ClF2N3O2/c1-15-5-3-4-6-19(15)23(32)30-22-10-7-17(14-29-22)24(33)31-12-11-25(27,28)16(2)20-13-18(26)8-9-21(20)31/h3-10,13-14H,2,11-12H2,1H3,(H,29,30,32). The molecule has 0 unspecified atom stereocenters. The number of carbonyl (C=O) groups is 2. The van der Waals surface area contributed by atoms with E-state index >= 15 is 0 Å². The third-order valence-electron chi connectivity index (χ3n) is 5.55. The lowest BCUT2D eigenvalue weighted by Crippen LogP contribution is -2.33. The van der Waals surface area contributed by atoms with Gasteiger partial charge < -0.3 is 10.2 Å². The molecule has 5 nitrogen and oxygen atoms in total. The minimum Gasteiger partial charge on any atom is -0.307 e. The van der Waals surface area contributed by atoms with Crippen LogP contribution in [0, 0.1) is 6.92 Å². The van der Waals surface area contributed by atoms with Gasteiger partial charge in [-0.2, -0.15) is 0 Å². The van der Waals surface area contributed by atoms with Crippen LogP contribution >= 0.6 is 11.6 Å². The van der Waals surface area contributed by atoms with Gasteiger partial charge in [0.05, 0.1) is 11.3 Å². The van der Waals surface area contributed by atoms with E-state index in [1.165, 1.54) is 35.4 Å². The summed E-state index contributed by atoms with van der Waals surface area (Å²) in [6.07, 6.45) is 0.741. The normalized spacial score (nSPS) is 14.9. The van der Waals surface area contributed by atoms with Crippen molar-refractivity contribution >= 4 is 40.5 Å². The molecular weight excluding hydrogens is 448 g/mol. The molecule has 0 spiro atoms. The number of carbonyl (C=O) groups excluding carboxylic acids is 2. The van der Waals surface area contributed by atoms with E-state index in [0.717, 1.165) is 5.56 Å². The summed E-state index contributed by atoms with van der Waals surface area (Å²) in [4.78, 5) is 31.1. The Balaban J connectivity index is 1.58. The van der Waals surface area contributed by atoms with E-state index in [-0.39, 0.29) is 40.0 Å². The minimum atomic E-state index is -3.17. The number of anilines is 2. The van der Waals surface area contributed by atoms with E-state index in [1.807, 2.05) is 19.1 Å². The third-order valence-corrected chi connectivity index (χ3v) is 5.79. The molecule has 4 rings (SSSR count). The van der Waals surface area contributed by atoms with Crippen LogP contribution in [-0.4, -0.2) is 29.3 Å². The van der Waals surface area contributed by atoms with Crippen LogP contribution in [0.2, 0.25) is 5.02 Å². The first-order chi connectivity index (χ1) is 15.7. The maximum absolute atomic E-state index is 14.5.